The maximum Gasteiger partial charge on any atom is 0.217 e. The molecule has 0 heterocycles. The predicted octanol–water partition coefficient (Wildman–Crippen LogP) is 2.18. The van der Waals surface area contributed by atoms with Crippen molar-refractivity contribution in [2.75, 3.05) is 26.2 Å². The molecule has 0 aliphatic carbocycles. The lowest BCUT2D eigenvalue weighted by molar-refractivity contribution is -0.936. The molecule has 3 heteroatoms. The van der Waals surface area contributed by atoms with Gasteiger partial charge in [-0.3, -0.25) is 4.79 Å². The first kappa shape index (κ1) is 14.7. The second-order valence-electron chi connectivity index (χ2n) is 4.82. The van der Waals surface area contributed by atoms with Crippen LogP contribution in [0.4, 0.5) is 0 Å². The summed E-state index contributed by atoms with van der Waals surface area (Å²) in [6.07, 6.45) is 0. The number of hydrogen-bond acceptors (Lipinski definition) is 1. The van der Waals surface area contributed by atoms with E-state index in [0.29, 0.717) is 0 Å². The summed E-state index contributed by atoms with van der Waals surface area (Å²) in [7, 11) is 0. The smallest absolute Gasteiger partial charge is 0.217 e. The van der Waals surface area contributed by atoms with Crippen LogP contribution in [0.1, 0.15) is 26.3 Å². The summed E-state index contributed by atoms with van der Waals surface area (Å²) in [5, 5.41) is 2.90. The molecule has 1 amide bonds. The number of carbonyl (C=O) groups excluding carboxylic acids is 1. The average molecular weight is 249 g/mol. The van der Waals surface area contributed by atoms with E-state index in [1.807, 2.05) is 6.07 Å². The van der Waals surface area contributed by atoms with Gasteiger partial charge < -0.3 is 9.80 Å². The highest BCUT2D eigenvalue weighted by Gasteiger charge is 2.23. The number of benzene rings is 1. The van der Waals surface area contributed by atoms with Gasteiger partial charge >= 0.3 is 0 Å². The fourth-order valence-corrected chi connectivity index (χ4v) is 2.28. The van der Waals surface area contributed by atoms with Crippen LogP contribution in [-0.4, -0.2) is 36.6 Å². The second kappa shape index (κ2) is 7.17. The minimum atomic E-state index is 0.0556. The van der Waals surface area contributed by atoms with E-state index in [2.05, 4.69) is 43.4 Å². The molecule has 0 unspecified atom stereocenters. The van der Waals surface area contributed by atoms with Crippen LogP contribution in [0.25, 0.3) is 0 Å². The Bertz CT molecular complexity index is 358. The number of nitrogens with one attached hydrogen (secondary N) is 1. The van der Waals surface area contributed by atoms with Crippen molar-refractivity contribution in [1.29, 1.82) is 0 Å². The summed E-state index contributed by atoms with van der Waals surface area (Å²) < 4.78 is 1.02. The Kier molecular flexibility index (Phi) is 5.86. The summed E-state index contributed by atoms with van der Waals surface area (Å²) >= 11 is 0. The molecule has 0 fully saturated rings. The Morgan fingerprint density at radius 2 is 1.78 bits per heavy atom. The number of quaternary nitrogens is 1. The van der Waals surface area contributed by atoms with E-state index in [4.69, 9.17) is 0 Å². The summed E-state index contributed by atoms with van der Waals surface area (Å²) in [4.78, 5) is 10.9. The van der Waals surface area contributed by atoms with Crippen molar-refractivity contribution in [3.05, 3.63) is 35.9 Å². The second-order valence-corrected chi connectivity index (χ2v) is 4.82. The van der Waals surface area contributed by atoms with Gasteiger partial charge in [-0.05, 0) is 13.8 Å². The number of rotatable bonds is 7. The van der Waals surface area contributed by atoms with E-state index < -0.39 is 0 Å². The van der Waals surface area contributed by atoms with Crippen molar-refractivity contribution >= 4 is 5.91 Å². The molecule has 0 aliphatic heterocycles. The molecule has 1 aromatic carbocycles. The Morgan fingerprint density at radius 1 is 1.17 bits per heavy atom. The number of likely N-dealkylation sites (N-methyl/N-ethyl adjacent to an activating group) is 1. The summed E-state index contributed by atoms with van der Waals surface area (Å²) in [5.41, 5.74) is 1.36. The molecular weight excluding hydrogens is 224 g/mol. The van der Waals surface area contributed by atoms with E-state index in [-0.39, 0.29) is 5.91 Å². The lowest BCUT2D eigenvalue weighted by Gasteiger charge is -2.37. The monoisotopic (exact) mass is 249 g/mol. The minimum absolute atomic E-state index is 0.0556. The molecule has 0 radical (unpaired) electrons. The Balaban J connectivity index is 2.64. The Morgan fingerprint density at radius 3 is 2.28 bits per heavy atom. The van der Waals surface area contributed by atoms with Gasteiger partial charge in [0.25, 0.3) is 0 Å². The largest absolute Gasteiger partial charge is 0.351 e. The SMILES string of the molecule is CC[N+](CC)(CCNC(C)=O)Cc1ccccc1. The lowest BCUT2D eigenvalue weighted by atomic mass is 10.1. The molecule has 0 aliphatic rings. The van der Waals surface area contributed by atoms with Crippen LogP contribution in [0.2, 0.25) is 0 Å². The van der Waals surface area contributed by atoms with Gasteiger partial charge in [0.2, 0.25) is 5.91 Å². The normalized spacial score (nSPS) is 11.3. The zero-order chi connectivity index (χ0) is 13.4. The van der Waals surface area contributed by atoms with E-state index in [9.17, 15) is 4.79 Å². The average Bonchev–Trinajstić information content (AvgIpc) is 2.38. The van der Waals surface area contributed by atoms with Crippen LogP contribution in [0, 0.1) is 0 Å². The quantitative estimate of drug-likeness (QED) is 0.737. The summed E-state index contributed by atoms with van der Waals surface area (Å²) in [5.74, 6) is 0.0556. The Hall–Kier alpha value is -1.35. The maximum absolute atomic E-state index is 10.9. The summed E-state index contributed by atoms with van der Waals surface area (Å²) in [6, 6.07) is 10.6. The standard InChI is InChI=1S/C15H24N2O/c1-4-17(5-2,12-11-16-14(3)18)13-15-9-7-6-8-10-15/h6-10H,4-5,11-13H2,1-3H3/p+1. The minimum Gasteiger partial charge on any atom is -0.351 e. The third-order valence-corrected chi connectivity index (χ3v) is 3.66. The van der Waals surface area contributed by atoms with Crippen LogP contribution in [0.5, 0.6) is 0 Å². The van der Waals surface area contributed by atoms with Gasteiger partial charge in [-0.15, -0.1) is 0 Å². The first-order valence-corrected chi connectivity index (χ1v) is 6.75. The van der Waals surface area contributed by atoms with E-state index in [1.165, 1.54) is 5.56 Å². The van der Waals surface area contributed by atoms with Crippen molar-refractivity contribution in [3.63, 3.8) is 0 Å². The number of carbonyl (C=O) groups is 1. The first-order valence-electron chi connectivity index (χ1n) is 6.75. The molecule has 0 bridgehead atoms. The van der Waals surface area contributed by atoms with Crippen molar-refractivity contribution < 1.29 is 9.28 Å². The Labute approximate surface area is 110 Å². The number of amides is 1. The third-order valence-electron chi connectivity index (χ3n) is 3.66. The van der Waals surface area contributed by atoms with E-state index in [1.54, 1.807) is 6.92 Å². The molecule has 0 aromatic heterocycles. The van der Waals surface area contributed by atoms with Gasteiger partial charge in [0.15, 0.2) is 0 Å². The van der Waals surface area contributed by atoms with Gasteiger partial charge in [-0.2, -0.15) is 0 Å². The highest BCUT2D eigenvalue weighted by molar-refractivity contribution is 5.72. The molecule has 3 nitrogen and oxygen atoms in total. The topological polar surface area (TPSA) is 29.1 Å². The van der Waals surface area contributed by atoms with Gasteiger partial charge in [0, 0.05) is 12.5 Å². The lowest BCUT2D eigenvalue weighted by Crippen LogP contribution is -2.50. The zero-order valence-electron chi connectivity index (χ0n) is 11.8. The number of nitrogens with zero attached hydrogens (tertiary/aromatic N) is 1. The molecule has 1 rings (SSSR count). The van der Waals surface area contributed by atoms with Crippen LogP contribution in [-0.2, 0) is 11.3 Å². The fraction of sp³-hybridized carbons (Fsp3) is 0.533. The zero-order valence-corrected chi connectivity index (χ0v) is 11.8. The molecule has 0 atom stereocenters. The first-order chi connectivity index (χ1) is 8.62. The van der Waals surface area contributed by atoms with Crippen LogP contribution >= 0.6 is 0 Å². The van der Waals surface area contributed by atoms with Gasteiger partial charge in [0.05, 0.1) is 26.2 Å². The maximum atomic E-state index is 10.9. The molecule has 0 spiro atoms. The van der Waals surface area contributed by atoms with Crippen LogP contribution in [0.15, 0.2) is 30.3 Å². The molecule has 1 aromatic rings. The number of hydrogen-bond donors (Lipinski definition) is 1. The molecule has 0 saturated heterocycles. The molecule has 100 valence electrons. The van der Waals surface area contributed by atoms with Gasteiger partial charge in [-0.1, -0.05) is 30.3 Å². The molecular formula is C15H25N2O+. The van der Waals surface area contributed by atoms with Crippen molar-refractivity contribution in [1.82, 2.24) is 5.32 Å². The third kappa shape index (κ3) is 4.49. The molecule has 18 heavy (non-hydrogen) atoms. The molecule has 0 saturated carbocycles. The highest BCUT2D eigenvalue weighted by Crippen LogP contribution is 2.13. The summed E-state index contributed by atoms with van der Waals surface area (Å²) in [6.45, 7) is 11.0. The van der Waals surface area contributed by atoms with E-state index in [0.717, 1.165) is 37.2 Å². The van der Waals surface area contributed by atoms with Crippen molar-refractivity contribution in [2.24, 2.45) is 0 Å². The van der Waals surface area contributed by atoms with E-state index >= 15 is 0 Å². The van der Waals surface area contributed by atoms with Crippen LogP contribution in [0.3, 0.4) is 0 Å². The predicted molar refractivity (Wildman–Crippen MR) is 75.0 cm³/mol. The van der Waals surface area contributed by atoms with Crippen molar-refractivity contribution in [3.8, 4) is 0 Å². The fourth-order valence-electron chi connectivity index (χ4n) is 2.28. The van der Waals surface area contributed by atoms with Gasteiger partial charge in [-0.25, -0.2) is 0 Å². The van der Waals surface area contributed by atoms with Gasteiger partial charge in [0.1, 0.15) is 6.54 Å². The highest BCUT2D eigenvalue weighted by atomic mass is 16.1. The van der Waals surface area contributed by atoms with Crippen LogP contribution < -0.4 is 5.32 Å². The molecule has 1 N–H and O–H groups in total. The van der Waals surface area contributed by atoms with Crippen molar-refractivity contribution in [2.45, 2.75) is 27.3 Å².